The Morgan fingerprint density at radius 1 is 1.38 bits per heavy atom. The summed E-state index contributed by atoms with van der Waals surface area (Å²) in [5.74, 6) is 1.14. The van der Waals surface area contributed by atoms with Gasteiger partial charge in [-0.1, -0.05) is 25.1 Å². The number of rotatable bonds is 5. The zero-order chi connectivity index (χ0) is 15.6. The molecule has 2 aromatic rings. The molecule has 1 aromatic carbocycles. The Hall–Kier alpha value is -1.60. The second-order valence-electron chi connectivity index (χ2n) is 4.88. The number of aryl methyl sites for hydroxylation is 1. The third-order valence-corrected chi connectivity index (χ3v) is 4.06. The van der Waals surface area contributed by atoms with Gasteiger partial charge in [-0.05, 0) is 24.6 Å². The quantitative estimate of drug-likeness (QED) is 0.784. The molecule has 0 radical (unpaired) electrons. The van der Waals surface area contributed by atoms with Crippen LogP contribution in [0, 0.1) is 6.92 Å². The second kappa shape index (κ2) is 6.03. The molecule has 0 aliphatic carbocycles. The van der Waals surface area contributed by atoms with E-state index in [9.17, 15) is 8.42 Å². The molecular weight excluding hydrogens is 316 g/mol. The van der Waals surface area contributed by atoms with Crippen LogP contribution in [0.15, 0.2) is 27.6 Å². The molecule has 0 saturated heterocycles. The molecule has 21 heavy (non-hydrogen) atoms. The van der Waals surface area contributed by atoms with Crippen molar-refractivity contribution in [3.8, 4) is 5.75 Å². The summed E-state index contributed by atoms with van der Waals surface area (Å²) in [6.45, 7) is 5.62. The normalized spacial score (nSPS) is 11.9. The molecule has 1 aromatic heterocycles. The van der Waals surface area contributed by atoms with Crippen LogP contribution in [0.2, 0.25) is 0 Å². The largest absolute Gasteiger partial charge is 0.482 e. The van der Waals surface area contributed by atoms with E-state index in [1.807, 2.05) is 13.8 Å². The zero-order valence-electron chi connectivity index (χ0n) is 11.8. The first-order valence-electron chi connectivity index (χ1n) is 6.28. The molecule has 0 amide bonds. The smallest absolute Gasteiger partial charge is 0.264 e. The van der Waals surface area contributed by atoms with Crippen molar-refractivity contribution in [3.63, 3.8) is 0 Å². The molecule has 0 saturated carbocycles. The molecule has 0 aliphatic heterocycles. The minimum Gasteiger partial charge on any atom is -0.482 e. The van der Waals surface area contributed by atoms with Gasteiger partial charge in [-0.15, -0.1) is 0 Å². The molecule has 8 heteroatoms. The van der Waals surface area contributed by atoms with E-state index in [1.54, 1.807) is 19.1 Å². The fourth-order valence-electron chi connectivity index (χ4n) is 1.63. The molecule has 0 unspecified atom stereocenters. The maximum Gasteiger partial charge on any atom is 0.264 e. The molecule has 0 bridgehead atoms. The van der Waals surface area contributed by atoms with Crippen LogP contribution in [0.3, 0.4) is 0 Å². The van der Waals surface area contributed by atoms with Gasteiger partial charge in [-0.25, -0.2) is 8.42 Å². The fourth-order valence-corrected chi connectivity index (χ4v) is 2.68. The number of nitrogens with zero attached hydrogens (tertiary/aromatic N) is 2. The molecule has 0 atom stereocenters. The first-order chi connectivity index (χ1) is 9.77. The average molecular weight is 331 g/mol. The summed E-state index contributed by atoms with van der Waals surface area (Å²) >= 11 is 0. The topological polar surface area (TPSA) is 82.3 Å². The van der Waals surface area contributed by atoms with Crippen LogP contribution >= 0.6 is 10.7 Å². The van der Waals surface area contributed by atoms with E-state index in [2.05, 4.69) is 10.1 Å². The van der Waals surface area contributed by atoms with E-state index < -0.39 is 9.05 Å². The summed E-state index contributed by atoms with van der Waals surface area (Å²) in [6, 6.07) is 4.73. The van der Waals surface area contributed by atoms with Gasteiger partial charge in [0.2, 0.25) is 0 Å². The van der Waals surface area contributed by atoms with E-state index in [0.29, 0.717) is 5.82 Å². The highest BCUT2D eigenvalue weighted by atomic mass is 35.7. The number of aromatic nitrogens is 2. The standard InChI is InChI=1S/C13H15ClN2O4S/c1-8(2)13-15-12(20-16-13)7-19-10-5-4-9(3)6-11(10)21(14,17)18/h4-6,8H,7H2,1-3H3. The van der Waals surface area contributed by atoms with Crippen LogP contribution in [-0.4, -0.2) is 18.6 Å². The number of hydrogen-bond acceptors (Lipinski definition) is 6. The van der Waals surface area contributed by atoms with Crippen molar-refractivity contribution in [2.45, 2.75) is 38.2 Å². The summed E-state index contributed by atoms with van der Waals surface area (Å²) in [4.78, 5) is 4.07. The Bertz CT molecular complexity index is 740. The lowest BCUT2D eigenvalue weighted by Crippen LogP contribution is -2.02. The molecule has 6 nitrogen and oxygen atoms in total. The van der Waals surface area contributed by atoms with E-state index in [0.717, 1.165) is 5.56 Å². The molecule has 114 valence electrons. The molecule has 2 rings (SSSR count). The Morgan fingerprint density at radius 3 is 2.67 bits per heavy atom. The van der Waals surface area contributed by atoms with Crippen LogP contribution in [0.4, 0.5) is 0 Å². The first kappa shape index (κ1) is 15.8. The molecular formula is C13H15ClN2O4S. The number of ether oxygens (including phenoxy) is 1. The van der Waals surface area contributed by atoms with Crippen LogP contribution in [-0.2, 0) is 15.7 Å². The van der Waals surface area contributed by atoms with Crippen molar-refractivity contribution in [2.75, 3.05) is 0 Å². The highest BCUT2D eigenvalue weighted by Crippen LogP contribution is 2.28. The molecule has 0 fully saturated rings. The van der Waals surface area contributed by atoms with Gasteiger partial charge in [0, 0.05) is 16.6 Å². The minimum atomic E-state index is -3.89. The van der Waals surface area contributed by atoms with Gasteiger partial charge in [0.25, 0.3) is 14.9 Å². The summed E-state index contributed by atoms with van der Waals surface area (Å²) in [5, 5.41) is 3.80. The average Bonchev–Trinajstić information content (AvgIpc) is 2.85. The Kier molecular flexibility index (Phi) is 4.53. The monoisotopic (exact) mass is 330 g/mol. The number of benzene rings is 1. The minimum absolute atomic E-state index is 0.0256. The van der Waals surface area contributed by atoms with E-state index in [1.165, 1.54) is 6.07 Å². The van der Waals surface area contributed by atoms with Gasteiger partial charge < -0.3 is 9.26 Å². The maximum absolute atomic E-state index is 11.5. The maximum atomic E-state index is 11.5. The third-order valence-electron chi connectivity index (χ3n) is 2.71. The predicted octanol–water partition coefficient (Wildman–Crippen LogP) is 3.01. The van der Waals surface area contributed by atoms with Gasteiger partial charge in [0.1, 0.15) is 10.6 Å². The van der Waals surface area contributed by atoms with E-state index in [4.69, 9.17) is 19.9 Å². The van der Waals surface area contributed by atoms with Crippen molar-refractivity contribution >= 4 is 19.7 Å². The fraction of sp³-hybridized carbons (Fsp3) is 0.385. The van der Waals surface area contributed by atoms with Crippen molar-refractivity contribution in [2.24, 2.45) is 0 Å². The van der Waals surface area contributed by atoms with Gasteiger partial charge in [0.15, 0.2) is 12.4 Å². The molecule has 0 N–H and O–H groups in total. The number of hydrogen-bond donors (Lipinski definition) is 0. The molecule has 1 heterocycles. The van der Waals surface area contributed by atoms with E-state index >= 15 is 0 Å². The summed E-state index contributed by atoms with van der Waals surface area (Å²) < 4.78 is 33.6. The summed E-state index contributed by atoms with van der Waals surface area (Å²) in [6.07, 6.45) is 0. The van der Waals surface area contributed by atoms with Crippen molar-refractivity contribution in [1.29, 1.82) is 0 Å². The Morgan fingerprint density at radius 2 is 2.10 bits per heavy atom. The second-order valence-corrected chi connectivity index (χ2v) is 7.41. The SMILES string of the molecule is Cc1ccc(OCc2nc(C(C)C)no2)c(S(=O)(=O)Cl)c1. The van der Waals surface area contributed by atoms with Gasteiger partial charge in [0.05, 0.1) is 0 Å². The van der Waals surface area contributed by atoms with Crippen LogP contribution < -0.4 is 4.74 Å². The van der Waals surface area contributed by atoms with Crippen molar-refractivity contribution in [1.82, 2.24) is 10.1 Å². The first-order valence-corrected chi connectivity index (χ1v) is 8.59. The Balaban J connectivity index is 2.20. The summed E-state index contributed by atoms with van der Waals surface area (Å²) in [5.41, 5.74) is 0.765. The molecule has 0 spiro atoms. The highest BCUT2D eigenvalue weighted by Gasteiger charge is 2.18. The predicted molar refractivity (Wildman–Crippen MR) is 76.9 cm³/mol. The highest BCUT2D eigenvalue weighted by molar-refractivity contribution is 8.13. The lowest BCUT2D eigenvalue weighted by molar-refractivity contribution is 0.237. The van der Waals surface area contributed by atoms with Crippen LogP contribution in [0.5, 0.6) is 5.75 Å². The summed E-state index contributed by atoms with van der Waals surface area (Å²) in [7, 11) is 1.52. The molecule has 0 aliphatic rings. The van der Waals surface area contributed by atoms with Gasteiger partial charge >= 0.3 is 0 Å². The number of halogens is 1. The lowest BCUT2D eigenvalue weighted by atomic mass is 10.2. The van der Waals surface area contributed by atoms with Gasteiger partial charge in [-0.3, -0.25) is 0 Å². The third kappa shape index (κ3) is 3.95. The van der Waals surface area contributed by atoms with Crippen LogP contribution in [0.25, 0.3) is 0 Å². The zero-order valence-corrected chi connectivity index (χ0v) is 13.4. The van der Waals surface area contributed by atoms with Crippen LogP contribution in [0.1, 0.15) is 37.0 Å². The Labute approximate surface area is 127 Å². The van der Waals surface area contributed by atoms with Gasteiger partial charge in [-0.2, -0.15) is 4.98 Å². The van der Waals surface area contributed by atoms with Crippen molar-refractivity contribution < 1.29 is 17.7 Å². The van der Waals surface area contributed by atoms with E-state index in [-0.39, 0.29) is 29.1 Å². The van der Waals surface area contributed by atoms with Crippen molar-refractivity contribution in [3.05, 3.63) is 35.5 Å². The lowest BCUT2D eigenvalue weighted by Gasteiger charge is -2.08.